The lowest BCUT2D eigenvalue weighted by atomic mass is 10.2. The van der Waals surface area contributed by atoms with Crippen LogP contribution in [0.1, 0.15) is 31.4 Å². The number of nitrogens with zero attached hydrogens (tertiary/aromatic N) is 5. The molecular formula is C21H31F2N7O. The first kappa shape index (κ1) is 22.9. The maximum Gasteiger partial charge on any atom is 0.191 e. The summed E-state index contributed by atoms with van der Waals surface area (Å²) in [6.45, 7) is 7.34. The number of aromatic nitrogens is 3. The number of aliphatic imine (C=N–C) groups is 1. The van der Waals surface area contributed by atoms with Crippen molar-refractivity contribution in [3.8, 4) is 0 Å². The van der Waals surface area contributed by atoms with Gasteiger partial charge in [0.05, 0.1) is 0 Å². The molecule has 10 heteroatoms. The van der Waals surface area contributed by atoms with Gasteiger partial charge < -0.3 is 24.8 Å². The number of aryl methyl sites for hydroxylation is 1. The highest BCUT2D eigenvalue weighted by molar-refractivity contribution is 5.80. The molecule has 0 aliphatic carbocycles. The number of anilines is 1. The summed E-state index contributed by atoms with van der Waals surface area (Å²) in [4.78, 5) is 6.38. The molecule has 31 heavy (non-hydrogen) atoms. The first-order valence-electron chi connectivity index (χ1n) is 10.7. The third kappa shape index (κ3) is 6.13. The van der Waals surface area contributed by atoms with Crippen molar-refractivity contribution in [2.24, 2.45) is 12.0 Å². The van der Waals surface area contributed by atoms with E-state index in [0.717, 1.165) is 24.5 Å². The van der Waals surface area contributed by atoms with E-state index >= 15 is 0 Å². The van der Waals surface area contributed by atoms with Gasteiger partial charge in [-0.05, 0) is 38.8 Å². The fourth-order valence-corrected chi connectivity index (χ4v) is 3.48. The Balaban J connectivity index is 1.63. The second-order valence-corrected chi connectivity index (χ2v) is 7.51. The molecule has 0 radical (unpaired) electrons. The Morgan fingerprint density at radius 3 is 2.74 bits per heavy atom. The molecule has 1 unspecified atom stereocenters. The van der Waals surface area contributed by atoms with Crippen LogP contribution in [0.25, 0.3) is 0 Å². The topological polar surface area (TPSA) is 79.6 Å². The Kier molecular flexibility index (Phi) is 8.16. The zero-order valence-electron chi connectivity index (χ0n) is 18.4. The fraction of sp³-hybridized carbons (Fsp3) is 0.571. The van der Waals surface area contributed by atoms with E-state index < -0.39 is 11.6 Å². The monoisotopic (exact) mass is 435 g/mol. The lowest BCUT2D eigenvalue weighted by Gasteiger charge is -2.21. The Labute approximate surface area is 181 Å². The highest BCUT2D eigenvalue weighted by atomic mass is 19.1. The second kappa shape index (κ2) is 11.0. The lowest BCUT2D eigenvalue weighted by molar-refractivity contribution is 0.145. The van der Waals surface area contributed by atoms with Crippen molar-refractivity contribution in [1.82, 2.24) is 25.4 Å². The molecule has 2 heterocycles. The van der Waals surface area contributed by atoms with E-state index in [-0.39, 0.29) is 11.7 Å². The Morgan fingerprint density at radius 1 is 1.29 bits per heavy atom. The molecule has 0 bridgehead atoms. The summed E-state index contributed by atoms with van der Waals surface area (Å²) in [5.41, 5.74) is 0.0320. The van der Waals surface area contributed by atoms with Crippen molar-refractivity contribution in [1.29, 1.82) is 0 Å². The van der Waals surface area contributed by atoms with E-state index in [1.54, 1.807) is 4.90 Å². The van der Waals surface area contributed by atoms with Gasteiger partial charge in [0.1, 0.15) is 29.7 Å². The summed E-state index contributed by atoms with van der Waals surface area (Å²) in [6.07, 6.45) is 1.59. The zero-order chi connectivity index (χ0) is 22.2. The average Bonchev–Trinajstić information content (AvgIpc) is 3.32. The predicted molar refractivity (Wildman–Crippen MR) is 116 cm³/mol. The van der Waals surface area contributed by atoms with Gasteiger partial charge in [0, 0.05) is 45.9 Å². The minimum atomic E-state index is -0.541. The third-order valence-corrected chi connectivity index (χ3v) is 5.31. The molecule has 3 rings (SSSR count). The van der Waals surface area contributed by atoms with Crippen molar-refractivity contribution in [2.45, 2.75) is 39.3 Å². The first-order valence-corrected chi connectivity index (χ1v) is 10.7. The largest absolute Gasteiger partial charge is 0.382 e. The first-order chi connectivity index (χ1) is 15.0. The van der Waals surface area contributed by atoms with Gasteiger partial charge in [-0.1, -0.05) is 6.07 Å². The Morgan fingerprint density at radius 2 is 2.06 bits per heavy atom. The maximum atomic E-state index is 14.1. The summed E-state index contributed by atoms with van der Waals surface area (Å²) in [5, 5.41) is 14.9. The Hall–Kier alpha value is -2.75. The van der Waals surface area contributed by atoms with Crippen molar-refractivity contribution in [2.75, 3.05) is 37.7 Å². The predicted octanol–water partition coefficient (Wildman–Crippen LogP) is 2.14. The third-order valence-electron chi connectivity index (χ3n) is 5.31. The lowest BCUT2D eigenvalue weighted by Crippen LogP contribution is -2.45. The van der Waals surface area contributed by atoms with E-state index in [9.17, 15) is 8.78 Å². The van der Waals surface area contributed by atoms with Gasteiger partial charge in [0.15, 0.2) is 11.8 Å². The van der Waals surface area contributed by atoms with Gasteiger partial charge in [-0.15, -0.1) is 10.2 Å². The molecule has 1 aromatic carbocycles. The van der Waals surface area contributed by atoms with E-state index in [1.165, 1.54) is 18.2 Å². The van der Waals surface area contributed by atoms with Crippen LogP contribution in [0.4, 0.5) is 14.5 Å². The minimum Gasteiger partial charge on any atom is -0.382 e. The number of benzene rings is 1. The molecule has 0 saturated carbocycles. The van der Waals surface area contributed by atoms with Crippen molar-refractivity contribution < 1.29 is 13.5 Å². The molecule has 0 amide bonds. The number of guanidine groups is 1. The van der Waals surface area contributed by atoms with Crippen LogP contribution in [0.5, 0.6) is 0 Å². The number of hydrogen-bond acceptors (Lipinski definition) is 5. The van der Waals surface area contributed by atoms with E-state index in [2.05, 4.69) is 25.8 Å². The average molecular weight is 436 g/mol. The van der Waals surface area contributed by atoms with Crippen LogP contribution >= 0.6 is 0 Å². The molecule has 170 valence electrons. The number of para-hydroxylation sites is 1. The highest BCUT2D eigenvalue weighted by Gasteiger charge is 2.27. The molecule has 1 aliphatic heterocycles. The zero-order valence-corrected chi connectivity index (χ0v) is 18.4. The van der Waals surface area contributed by atoms with Crippen LogP contribution in [-0.4, -0.2) is 59.6 Å². The van der Waals surface area contributed by atoms with E-state index in [1.807, 2.05) is 25.5 Å². The SMILES string of the molecule is CCOCCCNC(=NCc1nnc(C)n1C)NC1CCN(c2c(F)cccc2F)C1. The van der Waals surface area contributed by atoms with Crippen LogP contribution in [0.15, 0.2) is 23.2 Å². The quantitative estimate of drug-likeness (QED) is 0.357. The van der Waals surface area contributed by atoms with Crippen molar-refractivity contribution in [3.63, 3.8) is 0 Å². The van der Waals surface area contributed by atoms with Crippen LogP contribution in [0.2, 0.25) is 0 Å². The van der Waals surface area contributed by atoms with Crippen LogP contribution < -0.4 is 15.5 Å². The smallest absolute Gasteiger partial charge is 0.191 e. The highest BCUT2D eigenvalue weighted by Crippen LogP contribution is 2.26. The van der Waals surface area contributed by atoms with Gasteiger partial charge in [-0.2, -0.15) is 0 Å². The molecule has 2 N–H and O–H groups in total. The van der Waals surface area contributed by atoms with Crippen molar-refractivity contribution >= 4 is 11.6 Å². The minimum absolute atomic E-state index is 0.0124. The molecule has 2 aromatic rings. The molecule has 0 spiro atoms. The summed E-state index contributed by atoms with van der Waals surface area (Å²) < 4.78 is 35.6. The normalized spacial score (nSPS) is 16.7. The van der Waals surface area contributed by atoms with Crippen LogP contribution in [0.3, 0.4) is 0 Å². The number of halogens is 2. The fourth-order valence-electron chi connectivity index (χ4n) is 3.48. The number of nitrogens with one attached hydrogen (secondary N) is 2. The van der Waals surface area contributed by atoms with E-state index in [0.29, 0.717) is 45.4 Å². The maximum absolute atomic E-state index is 14.1. The van der Waals surface area contributed by atoms with Crippen LogP contribution in [-0.2, 0) is 18.3 Å². The van der Waals surface area contributed by atoms with Crippen LogP contribution in [0, 0.1) is 18.6 Å². The summed E-state index contributed by atoms with van der Waals surface area (Å²) >= 11 is 0. The molecule has 1 aliphatic rings. The standard InChI is InChI=1S/C21H31F2N7O/c1-4-31-12-6-10-24-21(25-13-19-28-27-15(2)29(19)3)26-16-9-11-30(14-16)20-17(22)7-5-8-18(20)23/h5,7-8,16H,4,6,9-14H2,1-3H3,(H2,24,25,26). The molecule has 1 atom stereocenters. The van der Waals surface area contributed by atoms with Gasteiger partial charge in [0.2, 0.25) is 0 Å². The van der Waals surface area contributed by atoms with Gasteiger partial charge >= 0.3 is 0 Å². The number of rotatable bonds is 9. The van der Waals surface area contributed by atoms with Gasteiger partial charge in [0.25, 0.3) is 0 Å². The summed E-state index contributed by atoms with van der Waals surface area (Å²) in [5.74, 6) is 1.14. The second-order valence-electron chi connectivity index (χ2n) is 7.51. The Bertz CT molecular complexity index is 866. The number of hydrogen-bond donors (Lipinski definition) is 2. The summed E-state index contributed by atoms with van der Waals surface area (Å²) in [7, 11) is 1.90. The van der Waals surface area contributed by atoms with Crippen molar-refractivity contribution in [3.05, 3.63) is 41.5 Å². The van der Waals surface area contributed by atoms with E-state index in [4.69, 9.17) is 4.74 Å². The van der Waals surface area contributed by atoms with Gasteiger partial charge in [-0.3, -0.25) is 0 Å². The molecule has 1 saturated heterocycles. The summed E-state index contributed by atoms with van der Waals surface area (Å²) in [6, 6.07) is 3.97. The van der Waals surface area contributed by atoms with Gasteiger partial charge in [-0.25, -0.2) is 13.8 Å². The molecular weight excluding hydrogens is 404 g/mol. The number of ether oxygens (including phenoxy) is 1. The molecule has 8 nitrogen and oxygen atoms in total. The molecule has 1 fully saturated rings. The molecule has 1 aromatic heterocycles.